The Bertz CT molecular complexity index is 1200. The first-order valence-corrected chi connectivity index (χ1v) is 10.4. The van der Waals surface area contributed by atoms with Gasteiger partial charge in [0.1, 0.15) is 17.3 Å². The van der Waals surface area contributed by atoms with Gasteiger partial charge in [-0.3, -0.25) is 9.59 Å². The number of furan rings is 1. The summed E-state index contributed by atoms with van der Waals surface area (Å²) in [5.74, 6) is -0.685. The number of hydrogen-bond donors (Lipinski definition) is 2. The van der Waals surface area contributed by atoms with E-state index in [0.29, 0.717) is 29.2 Å². The van der Waals surface area contributed by atoms with Crippen molar-refractivity contribution in [2.24, 2.45) is 0 Å². The molecule has 0 bridgehead atoms. The van der Waals surface area contributed by atoms with E-state index in [4.69, 9.17) is 13.9 Å². The predicted octanol–water partition coefficient (Wildman–Crippen LogP) is 4.01. The molecule has 0 spiro atoms. The second-order valence-electron chi connectivity index (χ2n) is 7.40. The standard InChI is InChI=1S/C25H23NO7/c1-3-32-20-13-16(8-11-19(20)27)22-21(23(28)15-6-9-17(31-2)10-7-15)24(29)25(30)26(22)14-18-5-4-12-33-18/h4-13,22,27-28H,3,14H2,1-2H3/b23-21+/t22-/m0/s1. The molecule has 1 fully saturated rings. The van der Waals surface area contributed by atoms with Crippen molar-refractivity contribution in [3.05, 3.63) is 83.3 Å². The highest BCUT2D eigenvalue weighted by atomic mass is 16.5. The molecule has 8 heteroatoms. The third kappa shape index (κ3) is 4.15. The Kier molecular flexibility index (Phi) is 6.08. The number of carbonyl (C=O) groups excluding carboxylic acids is 2. The van der Waals surface area contributed by atoms with Gasteiger partial charge in [0.25, 0.3) is 11.7 Å². The van der Waals surface area contributed by atoms with Crippen LogP contribution in [-0.2, 0) is 16.1 Å². The van der Waals surface area contributed by atoms with Gasteiger partial charge in [0.2, 0.25) is 0 Å². The lowest BCUT2D eigenvalue weighted by atomic mass is 9.95. The smallest absolute Gasteiger partial charge is 0.296 e. The van der Waals surface area contributed by atoms with E-state index in [2.05, 4.69) is 0 Å². The minimum absolute atomic E-state index is 0.0203. The molecule has 2 aromatic carbocycles. The van der Waals surface area contributed by atoms with Gasteiger partial charge in [-0.15, -0.1) is 0 Å². The average molecular weight is 449 g/mol. The Balaban J connectivity index is 1.87. The number of nitrogens with zero attached hydrogens (tertiary/aromatic N) is 1. The summed E-state index contributed by atoms with van der Waals surface area (Å²) in [6.07, 6.45) is 1.48. The van der Waals surface area contributed by atoms with Crippen LogP contribution in [-0.4, -0.2) is 40.5 Å². The Morgan fingerprint density at radius 3 is 2.52 bits per heavy atom. The van der Waals surface area contributed by atoms with Crippen LogP contribution in [0.2, 0.25) is 0 Å². The van der Waals surface area contributed by atoms with Crippen molar-refractivity contribution in [3.8, 4) is 17.2 Å². The number of likely N-dealkylation sites (tertiary alicyclic amines) is 1. The number of phenolic OH excluding ortho intramolecular Hbond substituents is 1. The minimum Gasteiger partial charge on any atom is -0.507 e. The molecule has 1 saturated heterocycles. The first-order valence-electron chi connectivity index (χ1n) is 10.4. The van der Waals surface area contributed by atoms with Crippen molar-refractivity contribution in [1.82, 2.24) is 4.90 Å². The van der Waals surface area contributed by atoms with Crippen LogP contribution >= 0.6 is 0 Å². The van der Waals surface area contributed by atoms with Gasteiger partial charge in [0.15, 0.2) is 11.5 Å². The van der Waals surface area contributed by atoms with E-state index in [1.165, 1.54) is 24.3 Å². The van der Waals surface area contributed by atoms with Gasteiger partial charge < -0.3 is 29.0 Å². The quantitative estimate of drug-likeness (QED) is 0.319. The summed E-state index contributed by atoms with van der Waals surface area (Å²) in [6.45, 7) is 2.11. The number of ether oxygens (including phenoxy) is 2. The van der Waals surface area contributed by atoms with Crippen LogP contribution < -0.4 is 9.47 Å². The van der Waals surface area contributed by atoms with Gasteiger partial charge >= 0.3 is 0 Å². The number of Topliss-reactive ketones (excluding diaryl/α,β-unsaturated/α-hetero) is 1. The molecular formula is C25H23NO7. The van der Waals surface area contributed by atoms with E-state index in [0.717, 1.165) is 0 Å². The number of rotatable bonds is 7. The molecule has 0 unspecified atom stereocenters. The summed E-state index contributed by atoms with van der Waals surface area (Å²) < 4.78 is 16.0. The lowest BCUT2D eigenvalue weighted by molar-refractivity contribution is -0.140. The zero-order valence-corrected chi connectivity index (χ0v) is 18.1. The molecule has 1 aromatic heterocycles. The first-order chi connectivity index (χ1) is 15.9. The van der Waals surface area contributed by atoms with E-state index in [1.54, 1.807) is 55.5 Å². The number of benzene rings is 2. The number of aromatic hydroxyl groups is 1. The summed E-state index contributed by atoms with van der Waals surface area (Å²) in [6, 6.07) is 13.6. The fourth-order valence-corrected chi connectivity index (χ4v) is 3.84. The number of aliphatic hydroxyl groups is 1. The number of amides is 1. The maximum atomic E-state index is 13.1. The van der Waals surface area contributed by atoms with Crippen LogP contribution in [0.5, 0.6) is 17.2 Å². The number of aliphatic hydroxyl groups excluding tert-OH is 1. The largest absolute Gasteiger partial charge is 0.507 e. The highest BCUT2D eigenvalue weighted by Gasteiger charge is 2.46. The fourth-order valence-electron chi connectivity index (χ4n) is 3.84. The molecule has 33 heavy (non-hydrogen) atoms. The molecule has 1 aliphatic heterocycles. The summed E-state index contributed by atoms with van der Waals surface area (Å²) in [4.78, 5) is 27.5. The van der Waals surface area contributed by atoms with Crippen molar-refractivity contribution in [1.29, 1.82) is 0 Å². The van der Waals surface area contributed by atoms with Crippen LogP contribution in [0.25, 0.3) is 5.76 Å². The normalized spacial score (nSPS) is 17.4. The zero-order valence-electron chi connectivity index (χ0n) is 18.1. The first kappa shape index (κ1) is 22.0. The third-order valence-corrected chi connectivity index (χ3v) is 5.41. The summed E-state index contributed by atoms with van der Waals surface area (Å²) in [7, 11) is 1.52. The van der Waals surface area contributed by atoms with Gasteiger partial charge in [0.05, 0.1) is 38.1 Å². The molecule has 4 rings (SSSR count). The van der Waals surface area contributed by atoms with Crippen LogP contribution in [0.3, 0.4) is 0 Å². The molecule has 170 valence electrons. The molecule has 1 atom stereocenters. The molecule has 0 aliphatic carbocycles. The van der Waals surface area contributed by atoms with Gasteiger partial charge in [-0.1, -0.05) is 6.07 Å². The summed E-state index contributed by atoms with van der Waals surface area (Å²) >= 11 is 0. The number of methoxy groups -OCH3 is 1. The van der Waals surface area contributed by atoms with Crippen LogP contribution in [0.1, 0.15) is 29.9 Å². The predicted molar refractivity (Wildman–Crippen MR) is 119 cm³/mol. The molecule has 0 saturated carbocycles. The highest BCUT2D eigenvalue weighted by Crippen LogP contribution is 2.42. The Morgan fingerprint density at radius 1 is 1.12 bits per heavy atom. The Hall–Kier alpha value is -4.20. The number of hydrogen-bond acceptors (Lipinski definition) is 7. The zero-order chi connectivity index (χ0) is 23.5. The highest BCUT2D eigenvalue weighted by molar-refractivity contribution is 6.46. The van der Waals surface area contributed by atoms with Gasteiger partial charge in [-0.05, 0) is 61.0 Å². The minimum atomic E-state index is -0.919. The molecule has 1 aliphatic rings. The maximum absolute atomic E-state index is 13.1. The van der Waals surface area contributed by atoms with Crippen molar-refractivity contribution in [3.63, 3.8) is 0 Å². The molecule has 0 radical (unpaired) electrons. The number of ketones is 1. The van der Waals surface area contributed by atoms with Gasteiger partial charge in [0, 0.05) is 5.56 Å². The number of carbonyl (C=O) groups is 2. The average Bonchev–Trinajstić information content (AvgIpc) is 3.43. The van der Waals surface area contributed by atoms with Crippen molar-refractivity contribution in [2.75, 3.05) is 13.7 Å². The molecule has 2 N–H and O–H groups in total. The van der Waals surface area contributed by atoms with Crippen LogP contribution in [0.4, 0.5) is 0 Å². The van der Waals surface area contributed by atoms with E-state index in [9.17, 15) is 19.8 Å². The lowest BCUT2D eigenvalue weighted by Crippen LogP contribution is -2.29. The van der Waals surface area contributed by atoms with E-state index in [1.807, 2.05) is 0 Å². The monoisotopic (exact) mass is 449 g/mol. The maximum Gasteiger partial charge on any atom is 0.296 e. The molecule has 8 nitrogen and oxygen atoms in total. The molecular weight excluding hydrogens is 426 g/mol. The second kappa shape index (κ2) is 9.12. The number of phenols is 1. The van der Waals surface area contributed by atoms with Crippen LogP contribution in [0, 0.1) is 0 Å². The van der Waals surface area contributed by atoms with E-state index >= 15 is 0 Å². The molecule has 3 aromatic rings. The van der Waals surface area contributed by atoms with Gasteiger partial charge in [-0.25, -0.2) is 0 Å². The SMILES string of the molecule is CCOc1cc([C@H]2/C(=C(\O)c3ccc(OC)cc3)C(=O)C(=O)N2Cc2ccco2)ccc1O. The second-order valence-corrected chi connectivity index (χ2v) is 7.40. The fraction of sp³-hybridized carbons (Fsp3) is 0.200. The molecule has 1 amide bonds. The van der Waals surface area contributed by atoms with Crippen LogP contribution in [0.15, 0.2) is 70.9 Å². The van der Waals surface area contributed by atoms with Crippen molar-refractivity contribution < 1.29 is 33.7 Å². The Labute approximate surface area is 190 Å². The van der Waals surface area contributed by atoms with Crippen molar-refractivity contribution >= 4 is 17.4 Å². The van der Waals surface area contributed by atoms with Gasteiger partial charge in [-0.2, -0.15) is 0 Å². The summed E-state index contributed by atoms with van der Waals surface area (Å²) in [5, 5.41) is 21.2. The molecule has 2 heterocycles. The van der Waals surface area contributed by atoms with E-state index < -0.39 is 17.7 Å². The summed E-state index contributed by atoms with van der Waals surface area (Å²) in [5.41, 5.74) is 0.794. The van der Waals surface area contributed by atoms with Crippen molar-refractivity contribution in [2.45, 2.75) is 19.5 Å². The van der Waals surface area contributed by atoms with E-state index in [-0.39, 0.29) is 29.4 Å². The third-order valence-electron chi connectivity index (χ3n) is 5.41. The Morgan fingerprint density at radius 2 is 1.88 bits per heavy atom. The topological polar surface area (TPSA) is 109 Å². The lowest BCUT2D eigenvalue weighted by Gasteiger charge is -2.25.